The highest BCUT2D eigenvalue weighted by Crippen LogP contribution is 2.41. The van der Waals surface area contributed by atoms with Gasteiger partial charge in [0.05, 0.1) is 23.3 Å². The Kier molecular flexibility index (Phi) is 6.44. The average molecular weight is 467 g/mol. The third kappa shape index (κ3) is 5.47. The summed E-state index contributed by atoms with van der Waals surface area (Å²) in [5.41, 5.74) is 1.81. The molecule has 0 aromatic heterocycles. The van der Waals surface area contributed by atoms with Crippen LogP contribution in [-0.4, -0.2) is 44.4 Å². The molecular weight excluding hydrogens is 439 g/mol. The molecule has 0 N–H and O–H groups in total. The lowest BCUT2D eigenvalue weighted by molar-refractivity contribution is -0.141. The van der Waals surface area contributed by atoms with Crippen molar-refractivity contribution in [3.8, 4) is 11.5 Å². The molecule has 0 aliphatic carbocycles. The summed E-state index contributed by atoms with van der Waals surface area (Å²) < 4.78 is 28.2. The highest BCUT2D eigenvalue weighted by Gasteiger charge is 2.33. The van der Waals surface area contributed by atoms with Crippen LogP contribution >= 0.6 is 23.2 Å². The van der Waals surface area contributed by atoms with Crippen LogP contribution in [0.1, 0.15) is 38.8 Å². The maximum Gasteiger partial charge on any atom is 0.163 e. The zero-order valence-electron chi connectivity index (χ0n) is 18.2. The van der Waals surface area contributed by atoms with Gasteiger partial charge in [0.15, 0.2) is 11.5 Å². The van der Waals surface area contributed by atoms with E-state index in [1.807, 2.05) is 38.1 Å². The van der Waals surface area contributed by atoms with Crippen LogP contribution in [0.2, 0.25) is 10.0 Å². The van der Waals surface area contributed by atoms with E-state index in [4.69, 9.17) is 46.9 Å². The molecular formula is C24H28Cl2O5. The molecule has 2 fully saturated rings. The zero-order chi connectivity index (χ0) is 22.2. The molecule has 0 amide bonds. The van der Waals surface area contributed by atoms with E-state index in [9.17, 15) is 0 Å². The standard InChI is InChI=1S/C24H28Cl2O5/c1-23(2,16-9-20(25)22(21(26)10-16)29-12-18-11-28-18)15-5-7-17(8-6-15)27-13-19-14-30-24(3,4)31-19/h5-10,18-19H,11-14H2,1-4H3/t18-,19+/m1/s1. The minimum atomic E-state index is -0.545. The van der Waals surface area contributed by atoms with Crippen LogP contribution in [0.4, 0.5) is 0 Å². The molecule has 2 aliphatic rings. The van der Waals surface area contributed by atoms with E-state index >= 15 is 0 Å². The van der Waals surface area contributed by atoms with E-state index < -0.39 is 5.79 Å². The fourth-order valence-electron chi connectivity index (χ4n) is 3.57. The van der Waals surface area contributed by atoms with Crippen molar-refractivity contribution in [1.82, 2.24) is 0 Å². The first-order valence-electron chi connectivity index (χ1n) is 10.4. The molecule has 0 spiro atoms. The molecule has 0 saturated carbocycles. The topological polar surface area (TPSA) is 49.5 Å². The van der Waals surface area contributed by atoms with Gasteiger partial charge in [-0.1, -0.05) is 49.2 Å². The van der Waals surface area contributed by atoms with Crippen molar-refractivity contribution in [2.24, 2.45) is 0 Å². The van der Waals surface area contributed by atoms with Gasteiger partial charge >= 0.3 is 0 Å². The summed E-state index contributed by atoms with van der Waals surface area (Å²) >= 11 is 13.0. The maximum atomic E-state index is 6.49. The molecule has 2 aromatic rings. The molecule has 0 unspecified atom stereocenters. The van der Waals surface area contributed by atoms with Crippen LogP contribution < -0.4 is 9.47 Å². The van der Waals surface area contributed by atoms with Crippen molar-refractivity contribution in [2.75, 3.05) is 26.4 Å². The van der Waals surface area contributed by atoms with Gasteiger partial charge in [-0.05, 0) is 49.2 Å². The van der Waals surface area contributed by atoms with Gasteiger partial charge in [0.25, 0.3) is 0 Å². The smallest absolute Gasteiger partial charge is 0.163 e. The Labute approximate surface area is 193 Å². The molecule has 2 aromatic carbocycles. The van der Waals surface area contributed by atoms with E-state index in [0.29, 0.717) is 35.6 Å². The normalized spacial score (nSPS) is 22.4. The summed E-state index contributed by atoms with van der Waals surface area (Å²) in [6, 6.07) is 11.9. The Morgan fingerprint density at radius 3 is 2.10 bits per heavy atom. The van der Waals surface area contributed by atoms with Crippen molar-refractivity contribution in [2.45, 2.75) is 51.1 Å². The van der Waals surface area contributed by atoms with Gasteiger partial charge in [-0.2, -0.15) is 0 Å². The molecule has 2 aliphatic heterocycles. The predicted octanol–water partition coefficient (Wildman–Crippen LogP) is 5.63. The third-order valence-electron chi connectivity index (χ3n) is 5.62. The van der Waals surface area contributed by atoms with Gasteiger partial charge < -0.3 is 23.7 Å². The van der Waals surface area contributed by atoms with Crippen LogP contribution in [0.5, 0.6) is 11.5 Å². The number of hydrogen-bond acceptors (Lipinski definition) is 5. The van der Waals surface area contributed by atoms with E-state index in [1.54, 1.807) is 0 Å². The monoisotopic (exact) mass is 466 g/mol. The molecule has 2 atom stereocenters. The first-order chi connectivity index (χ1) is 14.6. The molecule has 0 radical (unpaired) electrons. The van der Waals surface area contributed by atoms with E-state index in [0.717, 1.165) is 23.5 Å². The quantitative estimate of drug-likeness (QED) is 0.472. The Bertz CT molecular complexity index is 899. The van der Waals surface area contributed by atoms with Gasteiger partial charge in [0, 0.05) is 5.41 Å². The second-order valence-corrected chi connectivity index (χ2v) is 9.76. The highest BCUT2D eigenvalue weighted by molar-refractivity contribution is 6.37. The van der Waals surface area contributed by atoms with Crippen LogP contribution in [0.3, 0.4) is 0 Å². The molecule has 31 heavy (non-hydrogen) atoms. The molecule has 168 valence electrons. The number of epoxide rings is 1. The molecule has 0 bridgehead atoms. The van der Waals surface area contributed by atoms with Crippen LogP contribution in [0.25, 0.3) is 0 Å². The SMILES string of the molecule is CC1(C)OC[C@H](COc2ccc(C(C)(C)c3cc(Cl)c(OC[C@H]4CO4)c(Cl)c3)cc2)O1. The summed E-state index contributed by atoms with van der Waals surface area (Å²) in [5, 5.41) is 0.996. The van der Waals surface area contributed by atoms with Crippen LogP contribution in [-0.2, 0) is 19.6 Å². The van der Waals surface area contributed by atoms with Gasteiger partial charge in [0.1, 0.15) is 31.2 Å². The maximum absolute atomic E-state index is 6.49. The van der Waals surface area contributed by atoms with Crippen molar-refractivity contribution in [1.29, 1.82) is 0 Å². The minimum Gasteiger partial charge on any atom is -0.491 e. The first kappa shape index (κ1) is 22.7. The van der Waals surface area contributed by atoms with Gasteiger partial charge in [0.2, 0.25) is 0 Å². The summed E-state index contributed by atoms with van der Waals surface area (Å²) in [6.07, 6.45) is 0.0749. The largest absolute Gasteiger partial charge is 0.491 e. The second kappa shape index (κ2) is 8.80. The Hall–Kier alpha value is -1.50. The minimum absolute atomic E-state index is 0.0670. The number of benzene rings is 2. The zero-order valence-corrected chi connectivity index (χ0v) is 19.8. The molecule has 2 heterocycles. The van der Waals surface area contributed by atoms with E-state index in [-0.39, 0.29) is 17.6 Å². The van der Waals surface area contributed by atoms with Gasteiger partial charge in [-0.3, -0.25) is 0 Å². The number of hydrogen-bond donors (Lipinski definition) is 0. The average Bonchev–Trinajstić information content (AvgIpc) is 3.47. The summed E-state index contributed by atoms with van der Waals surface area (Å²) in [7, 11) is 0. The molecule has 4 rings (SSSR count). The van der Waals surface area contributed by atoms with Crippen LogP contribution in [0, 0.1) is 0 Å². The summed E-state index contributed by atoms with van der Waals surface area (Å²) in [6.45, 7) is 10.2. The lowest BCUT2D eigenvalue weighted by Gasteiger charge is -2.27. The predicted molar refractivity (Wildman–Crippen MR) is 121 cm³/mol. The van der Waals surface area contributed by atoms with Crippen molar-refractivity contribution < 1.29 is 23.7 Å². The van der Waals surface area contributed by atoms with E-state index in [2.05, 4.69) is 26.0 Å². The summed E-state index contributed by atoms with van der Waals surface area (Å²) in [4.78, 5) is 0. The lowest BCUT2D eigenvalue weighted by Crippen LogP contribution is -2.25. The molecule has 7 heteroatoms. The highest BCUT2D eigenvalue weighted by atomic mass is 35.5. The fraction of sp³-hybridized carbons (Fsp3) is 0.500. The van der Waals surface area contributed by atoms with Crippen molar-refractivity contribution >= 4 is 23.2 Å². The number of ether oxygens (including phenoxy) is 5. The molecule has 2 saturated heterocycles. The van der Waals surface area contributed by atoms with Gasteiger partial charge in [-0.25, -0.2) is 0 Å². The number of halogens is 2. The lowest BCUT2D eigenvalue weighted by atomic mass is 9.78. The third-order valence-corrected chi connectivity index (χ3v) is 6.18. The number of rotatable bonds is 8. The second-order valence-electron chi connectivity index (χ2n) is 8.95. The fourth-order valence-corrected chi connectivity index (χ4v) is 4.16. The Morgan fingerprint density at radius 2 is 1.55 bits per heavy atom. The molecule has 5 nitrogen and oxygen atoms in total. The Morgan fingerprint density at radius 1 is 0.935 bits per heavy atom. The van der Waals surface area contributed by atoms with Gasteiger partial charge in [-0.15, -0.1) is 0 Å². The van der Waals surface area contributed by atoms with Crippen molar-refractivity contribution in [3.05, 3.63) is 57.6 Å². The van der Waals surface area contributed by atoms with E-state index in [1.165, 1.54) is 0 Å². The van der Waals surface area contributed by atoms with Crippen molar-refractivity contribution in [3.63, 3.8) is 0 Å². The first-order valence-corrected chi connectivity index (χ1v) is 11.2. The summed E-state index contributed by atoms with van der Waals surface area (Å²) in [5.74, 6) is 0.745. The van der Waals surface area contributed by atoms with Crippen LogP contribution in [0.15, 0.2) is 36.4 Å². The Balaban J connectivity index is 1.43.